The first-order valence-electron chi connectivity index (χ1n) is 5.11. The number of nitrogens with zero attached hydrogens (tertiary/aromatic N) is 2. The van der Waals surface area contributed by atoms with Crippen LogP contribution in [-0.4, -0.2) is 32.0 Å². The van der Waals surface area contributed by atoms with E-state index < -0.39 is 18.1 Å². The molecule has 6 nitrogen and oxygen atoms in total. The van der Waals surface area contributed by atoms with Gasteiger partial charge in [-0.2, -0.15) is 5.10 Å². The topological polar surface area (TPSA) is 101 Å². The molecule has 0 spiro atoms. The number of rotatable bonds is 5. The van der Waals surface area contributed by atoms with E-state index in [9.17, 15) is 9.90 Å². The molecule has 2 unspecified atom stereocenters. The Morgan fingerprint density at radius 1 is 1.62 bits per heavy atom. The van der Waals surface area contributed by atoms with Crippen LogP contribution in [0.25, 0.3) is 0 Å². The summed E-state index contributed by atoms with van der Waals surface area (Å²) < 4.78 is 1.58. The van der Waals surface area contributed by atoms with E-state index in [4.69, 9.17) is 10.8 Å². The molecule has 0 saturated heterocycles. The average molecular weight is 227 g/mol. The summed E-state index contributed by atoms with van der Waals surface area (Å²) in [6, 6.07) is 0.248. The Labute approximate surface area is 93.7 Å². The molecule has 16 heavy (non-hydrogen) atoms. The van der Waals surface area contributed by atoms with Crippen LogP contribution in [0.15, 0.2) is 12.3 Å². The molecule has 0 bridgehead atoms. The van der Waals surface area contributed by atoms with E-state index in [-0.39, 0.29) is 0 Å². The Hall–Kier alpha value is -1.40. The highest BCUT2D eigenvalue weighted by atomic mass is 16.4. The van der Waals surface area contributed by atoms with Crippen molar-refractivity contribution in [3.63, 3.8) is 0 Å². The normalized spacial score (nSPS) is 15.1. The van der Waals surface area contributed by atoms with Gasteiger partial charge in [-0.05, 0) is 12.0 Å². The molecule has 2 atom stereocenters. The van der Waals surface area contributed by atoms with Gasteiger partial charge in [0.05, 0.1) is 5.69 Å². The van der Waals surface area contributed by atoms with Crippen molar-refractivity contribution in [1.82, 2.24) is 9.78 Å². The molecule has 1 rings (SSSR count). The van der Waals surface area contributed by atoms with Gasteiger partial charge in [0.2, 0.25) is 0 Å². The monoisotopic (exact) mass is 227 g/mol. The van der Waals surface area contributed by atoms with Crippen molar-refractivity contribution >= 4 is 5.97 Å². The highest BCUT2D eigenvalue weighted by Gasteiger charge is 2.26. The summed E-state index contributed by atoms with van der Waals surface area (Å²) in [4.78, 5) is 10.7. The molecule has 1 aromatic rings. The fraction of sp³-hybridized carbons (Fsp3) is 0.600. The summed E-state index contributed by atoms with van der Waals surface area (Å²) >= 11 is 0. The molecule has 0 amide bonds. The van der Waals surface area contributed by atoms with E-state index in [0.29, 0.717) is 18.2 Å². The van der Waals surface area contributed by atoms with E-state index in [1.54, 1.807) is 10.7 Å². The summed E-state index contributed by atoms with van der Waals surface area (Å²) in [5.74, 6) is -0.878. The summed E-state index contributed by atoms with van der Waals surface area (Å²) in [5, 5.41) is 22.5. The fourth-order valence-electron chi connectivity index (χ4n) is 1.41. The number of carboxylic acids is 1. The van der Waals surface area contributed by atoms with Gasteiger partial charge in [0.15, 0.2) is 0 Å². The fourth-order valence-corrected chi connectivity index (χ4v) is 1.41. The van der Waals surface area contributed by atoms with Gasteiger partial charge in [0.25, 0.3) is 0 Å². The molecule has 0 aliphatic rings. The quantitative estimate of drug-likeness (QED) is 0.656. The number of carbonyl (C=O) groups is 1. The molecule has 0 aliphatic carbocycles. The number of aromatic nitrogens is 2. The second-order valence-electron chi connectivity index (χ2n) is 4.14. The van der Waals surface area contributed by atoms with Gasteiger partial charge in [-0.1, -0.05) is 13.8 Å². The van der Waals surface area contributed by atoms with Crippen LogP contribution < -0.4 is 5.73 Å². The lowest BCUT2D eigenvalue weighted by molar-refractivity contribution is -0.141. The van der Waals surface area contributed by atoms with E-state index in [1.807, 2.05) is 13.8 Å². The molecule has 90 valence electrons. The molecule has 1 heterocycles. The third kappa shape index (κ3) is 2.80. The predicted octanol–water partition coefficient (Wildman–Crippen LogP) is -0.0156. The van der Waals surface area contributed by atoms with Crippen LogP contribution in [0.4, 0.5) is 0 Å². The zero-order valence-corrected chi connectivity index (χ0v) is 9.37. The first-order valence-corrected chi connectivity index (χ1v) is 5.11. The summed E-state index contributed by atoms with van der Waals surface area (Å²) in [6.07, 6.45) is 0.286. The van der Waals surface area contributed by atoms with Gasteiger partial charge in [-0.25, -0.2) is 0 Å². The van der Waals surface area contributed by atoms with Crippen LogP contribution in [-0.2, 0) is 11.3 Å². The molecule has 0 aromatic carbocycles. The molecule has 0 aliphatic heterocycles. The Bertz CT molecular complexity index is 362. The average Bonchev–Trinajstić information content (AvgIpc) is 2.62. The molecule has 1 aromatic heterocycles. The van der Waals surface area contributed by atoms with Crippen molar-refractivity contribution in [3.05, 3.63) is 18.0 Å². The molecular formula is C10H17N3O3. The maximum absolute atomic E-state index is 10.7. The number of aliphatic hydroxyl groups excluding tert-OH is 1. The Morgan fingerprint density at radius 2 is 2.25 bits per heavy atom. The molecule has 4 N–H and O–H groups in total. The number of carboxylic acid groups (broad SMARTS) is 1. The van der Waals surface area contributed by atoms with Crippen molar-refractivity contribution in [2.75, 3.05) is 0 Å². The van der Waals surface area contributed by atoms with Crippen LogP contribution in [0, 0.1) is 5.92 Å². The highest BCUT2D eigenvalue weighted by Crippen LogP contribution is 2.16. The zero-order valence-electron chi connectivity index (χ0n) is 9.37. The summed E-state index contributed by atoms with van der Waals surface area (Å²) in [5.41, 5.74) is 5.79. The van der Waals surface area contributed by atoms with Gasteiger partial charge in [0, 0.05) is 12.7 Å². The van der Waals surface area contributed by atoms with Crippen molar-refractivity contribution < 1.29 is 15.0 Å². The van der Waals surface area contributed by atoms with E-state index in [0.717, 1.165) is 0 Å². The Balaban J connectivity index is 2.87. The zero-order chi connectivity index (χ0) is 12.3. The summed E-state index contributed by atoms with van der Waals surface area (Å²) in [7, 11) is 0. The van der Waals surface area contributed by atoms with Crippen molar-refractivity contribution in [2.24, 2.45) is 11.7 Å². The Morgan fingerprint density at radius 3 is 2.75 bits per heavy atom. The number of aliphatic carboxylic acids is 1. The number of hydrogen-bond acceptors (Lipinski definition) is 4. The van der Waals surface area contributed by atoms with Gasteiger partial charge in [-0.3, -0.25) is 9.48 Å². The number of hydrogen-bond donors (Lipinski definition) is 3. The van der Waals surface area contributed by atoms with Crippen LogP contribution in [0.1, 0.15) is 25.6 Å². The summed E-state index contributed by atoms with van der Waals surface area (Å²) in [6.45, 7) is 4.63. The second-order valence-corrected chi connectivity index (χ2v) is 4.14. The largest absolute Gasteiger partial charge is 0.480 e. The lowest BCUT2D eigenvalue weighted by Gasteiger charge is -2.17. The lowest BCUT2D eigenvalue weighted by atomic mass is 10.1. The maximum Gasteiger partial charge on any atom is 0.323 e. The SMILES string of the molecule is CC(C)Cn1nccc1C(O)C(N)C(=O)O. The van der Waals surface area contributed by atoms with Gasteiger partial charge < -0.3 is 15.9 Å². The first-order chi connectivity index (χ1) is 7.43. The minimum atomic E-state index is -1.33. The minimum absolute atomic E-state index is 0.354. The first kappa shape index (κ1) is 12.7. The molecule has 0 fully saturated rings. The van der Waals surface area contributed by atoms with Crippen LogP contribution >= 0.6 is 0 Å². The number of nitrogens with two attached hydrogens (primary N) is 1. The third-order valence-corrected chi connectivity index (χ3v) is 2.22. The van der Waals surface area contributed by atoms with Crippen molar-refractivity contribution in [3.8, 4) is 0 Å². The lowest BCUT2D eigenvalue weighted by Crippen LogP contribution is -2.37. The van der Waals surface area contributed by atoms with Crippen molar-refractivity contribution in [2.45, 2.75) is 32.5 Å². The van der Waals surface area contributed by atoms with Crippen LogP contribution in [0.3, 0.4) is 0 Å². The Kier molecular flexibility index (Phi) is 4.03. The smallest absolute Gasteiger partial charge is 0.323 e. The second kappa shape index (κ2) is 5.09. The van der Waals surface area contributed by atoms with Crippen LogP contribution in [0.5, 0.6) is 0 Å². The van der Waals surface area contributed by atoms with Crippen LogP contribution in [0.2, 0.25) is 0 Å². The predicted molar refractivity (Wildman–Crippen MR) is 57.6 cm³/mol. The van der Waals surface area contributed by atoms with E-state index in [2.05, 4.69) is 5.10 Å². The standard InChI is InChI=1S/C10H17N3O3/c1-6(2)5-13-7(3-4-12-13)9(14)8(11)10(15)16/h3-4,6,8-9,14H,5,11H2,1-2H3,(H,15,16). The molecular weight excluding hydrogens is 210 g/mol. The van der Waals surface area contributed by atoms with Crippen molar-refractivity contribution in [1.29, 1.82) is 0 Å². The van der Waals surface area contributed by atoms with E-state index in [1.165, 1.54) is 6.20 Å². The molecule has 6 heteroatoms. The minimum Gasteiger partial charge on any atom is -0.480 e. The van der Waals surface area contributed by atoms with Gasteiger partial charge in [0.1, 0.15) is 12.1 Å². The molecule has 0 saturated carbocycles. The van der Waals surface area contributed by atoms with E-state index >= 15 is 0 Å². The maximum atomic E-state index is 10.7. The third-order valence-electron chi connectivity index (χ3n) is 2.22. The number of aliphatic hydroxyl groups is 1. The highest BCUT2D eigenvalue weighted by molar-refractivity contribution is 5.74. The molecule has 0 radical (unpaired) electrons. The van der Waals surface area contributed by atoms with Gasteiger partial charge in [-0.15, -0.1) is 0 Å². The van der Waals surface area contributed by atoms with Gasteiger partial charge >= 0.3 is 5.97 Å².